The lowest BCUT2D eigenvalue weighted by atomic mass is 9.98. The predicted octanol–water partition coefficient (Wildman–Crippen LogP) is 1.98. The number of carbonyl (C=O) groups is 1. The maximum absolute atomic E-state index is 12.1. The predicted molar refractivity (Wildman–Crippen MR) is 67.4 cm³/mol. The van der Waals surface area contributed by atoms with Gasteiger partial charge < -0.3 is 9.80 Å². The lowest BCUT2D eigenvalue weighted by Gasteiger charge is -2.36. The van der Waals surface area contributed by atoms with Crippen molar-refractivity contribution in [2.24, 2.45) is 5.92 Å². The van der Waals surface area contributed by atoms with Gasteiger partial charge in [0.05, 0.1) is 0 Å². The van der Waals surface area contributed by atoms with Crippen molar-refractivity contribution in [2.75, 3.05) is 27.2 Å². The van der Waals surface area contributed by atoms with Crippen LogP contribution in [0.4, 0.5) is 0 Å². The van der Waals surface area contributed by atoms with Crippen molar-refractivity contribution < 1.29 is 4.79 Å². The van der Waals surface area contributed by atoms with Crippen LogP contribution in [-0.2, 0) is 4.79 Å². The van der Waals surface area contributed by atoms with E-state index in [-0.39, 0.29) is 5.92 Å². The molecule has 0 N–H and O–H groups in total. The molecule has 0 unspecified atom stereocenters. The quantitative estimate of drug-likeness (QED) is 0.732. The van der Waals surface area contributed by atoms with Gasteiger partial charge in [0.2, 0.25) is 5.91 Å². The van der Waals surface area contributed by atoms with Crippen LogP contribution in [0.1, 0.15) is 39.5 Å². The smallest absolute Gasteiger partial charge is 0.225 e. The van der Waals surface area contributed by atoms with E-state index >= 15 is 0 Å². The zero-order valence-corrected chi connectivity index (χ0v) is 11.2. The average Bonchev–Trinajstić information content (AvgIpc) is 2.30. The molecule has 0 aromatic rings. The van der Waals surface area contributed by atoms with Gasteiger partial charge in [-0.05, 0) is 39.8 Å². The van der Waals surface area contributed by atoms with Crippen molar-refractivity contribution in [3.8, 4) is 0 Å². The molecule has 0 spiro atoms. The van der Waals surface area contributed by atoms with Crippen molar-refractivity contribution in [2.45, 2.75) is 45.6 Å². The Labute approximate surface area is 99.8 Å². The second-order valence-electron chi connectivity index (χ2n) is 5.03. The molecule has 1 rings (SSSR count). The molecule has 1 amide bonds. The number of amides is 1. The lowest BCUT2D eigenvalue weighted by Crippen LogP contribution is -2.46. The third-order valence-electron chi connectivity index (χ3n) is 3.84. The van der Waals surface area contributed by atoms with Crippen LogP contribution in [0, 0.1) is 5.92 Å². The fourth-order valence-corrected chi connectivity index (χ4v) is 2.50. The number of nitrogens with zero attached hydrogens (tertiary/aromatic N) is 2. The molecule has 1 saturated heterocycles. The van der Waals surface area contributed by atoms with Gasteiger partial charge in [-0.25, -0.2) is 0 Å². The minimum atomic E-state index is 0.246. The minimum Gasteiger partial charge on any atom is -0.342 e. The van der Waals surface area contributed by atoms with E-state index < -0.39 is 0 Å². The van der Waals surface area contributed by atoms with Crippen molar-refractivity contribution in [1.29, 1.82) is 0 Å². The number of hydrogen-bond donors (Lipinski definition) is 0. The van der Waals surface area contributed by atoms with E-state index in [1.165, 1.54) is 0 Å². The molecule has 0 aromatic carbocycles. The summed E-state index contributed by atoms with van der Waals surface area (Å²) in [5, 5.41) is 0. The highest BCUT2D eigenvalue weighted by Gasteiger charge is 2.26. The van der Waals surface area contributed by atoms with E-state index in [0.717, 1.165) is 38.8 Å². The van der Waals surface area contributed by atoms with Crippen LogP contribution in [0.15, 0.2) is 0 Å². The van der Waals surface area contributed by atoms with Crippen LogP contribution in [0.3, 0.4) is 0 Å². The second kappa shape index (κ2) is 6.24. The molecular weight excluding hydrogens is 200 g/mol. The monoisotopic (exact) mass is 226 g/mol. The standard InChI is InChI=1S/C13H26N2O/c1-5-11(6-2)13(16)15-9-7-12(8-10-15)14(3)4/h11-12H,5-10H2,1-4H3. The summed E-state index contributed by atoms with van der Waals surface area (Å²) in [5.74, 6) is 0.623. The Balaban J connectivity index is 2.44. The normalized spacial score (nSPS) is 18.5. The summed E-state index contributed by atoms with van der Waals surface area (Å²) < 4.78 is 0. The first-order chi connectivity index (χ1) is 7.60. The fourth-order valence-electron chi connectivity index (χ4n) is 2.50. The van der Waals surface area contributed by atoms with E-state index in [1.807, 2.05) is 0 Å². The zero-order valence-electron chi connectivity index (χ0n) is 11.2. The highest BCUT2D eigenvalue weighted by molar-refractivity contribution is 5.78. The highest BCUT2D eigenvalue weighted by atomic mass is 16.2. The molecule has 1 aliphatic rings. The van der Waals surface area contributed by atoms with Crippen molar-refractivity contribution in [3.05, 3.63) is 0 Å². The molecule has 0 saturated carbocycles. The van der Waals surface area contributed by atoms with E-state index in [1.54, 1.807) is 0 Å². The molecule has 0 bridgehead atoms. The summed E-state index contributed by atoms with van der Waals surface area (Å²) >= 11 is 0. The maximum Gasteiger partial charge on any atom is 0.225 e. The topological polar surface area (TPSA) is 23.6 Å². The summed E-state index contributed by atoms with van der Waals surface area (Å²) in [6, 6.07) is 0.658. The van der Waals surface area contributed by atoms with Crippen LogP contribution >= 0.6 is 0 Å². The third-order valence-corrected chi connectivity index (χ3v) is 3.84. The molecule has 3 nitrogen and oxygen atoms in total. The molecule has 1 heterocycles. The lowest BCUT2D eigenvalue weighted by molar-refractivity contribution is -0.137. The van der Waals surface area contributed by atoms with Crippen molar-refractivity contribution in [1.82, 2.24) is 9.80 Å². The van der Waals surface area contributed by atoms with E-state index in [9.17, 15) is 4.79 Å². The molecular formula is C13H26N2O. The summed E-state index contributed by atoms with van der Waals surface area (Å²) in [5.41, 5.74) is 0. The maximum atomic E-state index is 12.1. The van der Waals surface area contributed by atoms with E-state index in [0.29, 0.717) is 11.9 Å². The number of hydrogen-bond acceptors (Lipinski definition) is 2. The molecule has 0 aromatic heterocycles. The van der Waals surface area contributed by atoms with Gasteiger partial charge in [0.25, 0.3) is 0 Å². The van der Waals surface area contributed by atoms with Gasteiger partial charge in [0.15, 0.2) is 0 Å². The molecule has 0 aliphatic carbocycles. The van der Waals surface area contributed by atoms with Gasteiger partial charge >= 0.3 is 0 Å². The first-order valence-corrected chi connectivity index (χ1v) is 6.55. The summed E-state index contributed by atoms with van der Waals surface area (Å²) in [6.45, 7) is 6.10. The molecule has 0 atom stereocenters. The Bertz CT molecular complexity index is 216. The number of rotatable bonds is 4. The molecule has 16 heavy (non-hydrogen) atoms. The van der Waals surface area contributed by atoms with Crippen molar-refractivity contribution in [3.63, 3.8) is 0 Å². The summed E-state index contributed by atoms with van der Waals surface area (Å²) in [7, 11) is 4.26. The van der Waals surface area contributed by atoms with Gasteiger partial charge in [-0.3, -0.25) is 4.79 Å². The Morgan fingerprint density at radius 3 is 2.12 bits per heavy atom. The number of carbonyl (C=O) groups excluding carboxylic acids is 1. The van der Waals surface area contributed by atoms with Gasteiger partial charge in [-0.15, -0.1) is 0 Å². The Kier molecular flexibility index (Phi) is 5.26. The molecule has 1 aliphatic heterocycles. The molecule has 3 heteroatoms. The van der Waals surface area contributed by atoms with Crippen LogP contribution in [0.5, 0.6) is 0 Å². The fraction of sp³-hybridized carbons (Fsp3) is 0.923. The SMILES string of the molecule is CCC(CC)C(=O)N1CCC(N(C)C)CC1. The molecule has 1 fully saturated rings. The Hall–Kier alpha value is -0.570. The van der Waals surface area contributed by atoms with Crippen LogP contribution in [0.2, 0.25) is 0 Å². The van der Waals surface area contributed by atoms with Gasteiger partial charge in [0.1, 0.15) is 0 Å². The highest BCUT2D eigenvalue weighted by Crippen LogP contribution is 2.18. The zero-order chi connectivity index (χ0) is 12.1. The summed E-state index contributed by atoms with van der Waals surface area (Å²) in [6.07, 6.45) is 4.20. The van der Waals surface area contributed by atoms with Crippen LogP contribution in [-0.4, -0.2) is 48.9 Å². The molecule has 94 valence electrons. The average molecular weight is 226 g/mol. The Morgan fingerprint density at radius 2 is 1.75 bits per heavy atom. The second-order valence-corrected chi connectivity index (χ2v) is 5.03. The van der Waals surface area contributed by atoms with Crippen LogP contribution in [0.25, 0.3) is 0 Å². The van der Waals surface area contributed by atoms with Crippen molar-refractivity contribution >= 4 is 5.91 Å². The van der Waals surface area contributed by atoms with Crippen LogP contribution < -0.4 is 0 Å². The number of piperidine rings is 1. The van der Waals surface area contributed by atoms with Gasteiger partial charge in [0, 0.05) is 25.0 Å². The Morgan fingerprint density at radius 1 is 1.25 bits per heavy atom. The van der Waals surface area contributed by atoms with Gasteiger partial charge in [-0.2, -0.15) is 0 Å². The summed E-state index contributed by atoms with van der Waals surface area (Å²) in [4.78, 5) is 16.5. The largest absolute Gasteiger partial charge is 0.342 e. The minimum absolute atomic E-state index is 0.246. The molecule has 0 radical (unpaired) electrons. The first kappa shape index (κ1) is 13.5. The van der Waals surface area contributed by atoms with Gasteiger partial charge in [-0.1, -0.05) is 13.8 Å². The third kappa shape index (κ3) is 3.21. The first-order valence-electron chi connectivity index (χ1n) is 6.55. The number of likely N-dealkylation sites (tertiary alicyclic amines) is 1. The van der Waals surface area contributed by atoms with E-state index in [4.69, 9.17) is 0 Å². The van der Waals surface area contributed by atoms with E-state index in [2.05, 4.69) is 37.7 Å².